The maximum atomic E-state index is 12.7. The second-order valence-corrected chi connectivity index (χ2v) is 7.07. The standard InChI is InChI=1S/C22H27NO5/c1-14(2)21(16-5-10-19-20(13-16)27-12-11-26-19)23-22(24)15(3)28-18-8-6-17(25-4)7-9-18/h5-10,13-15,21H,11-12H2,1-4H3,(H,23,24). The Labute approximate surface area is 165 Å². The second kappa shape index (κ2) is 8.87. The number of benzene rings is 2. The monoisotopic (exact) mass is 385 g/mol. The minimum absolute atomic E-state index is 0.162. The van der Waals surface area contributed by atoms with Crippen molar-refractivity contribution in [2.75, 3.05) is 20.3 Å². The van der Waals surface area contributed by atoms with E-state index < -0.39 is 6.10 Å². The maximum Gasteiger partial charge on any atom is 0.261 e. The predicted molar refractivity (Wildman–Crippen MR) is 106 cm³/mol. The van der Waals surface area contributed by atoms with Gasteiger partial charge in [-0.15, -0.1) is 0 Å². The largest absolute Gasteiger partial charge is 0.497 e. The highest BCUT2D eigenvalue weighted by molar-refractivity contribution is 5.81. The summed E-state index contributed by atoms with van der Waals surface area (Å²) in [4.78, 5) is 12.7. The van der Waals surface area contributed by atoms with Crippen molar-refractivity contribution in [2.45, 2.75) is 32.9 Å². The molecule has 0 saturated carbocycles. The van der Waals surface area contributed by atoms with E-state index in [4.69, 9.17) is 18.9 Å². The van der Waals surface area contributed by atoms with Gasteiger partial charge in [-0.3, -0.25) is 4.79 Å². The number of rotatable bonds is 7. The summed E-state index contributed by atoms with van der Waals surface area (Å²) in [6.07, 6.45) is -0.633. The lowest BCUT2D eigenvalue weighted by molar-refractivity contribution is -0.128. The van der Waals surface area contributed by atoms with E-state index in [1.807, 2.05) is 18.2 Å². The van der Waals surface area contributed by atoms with Crippen LogP contribution >= 0.6 is 0 Å². The first kappa shape index (κ1) is 19.9. The van der Waals surface area contributed by atoms with Crippen LogP contribution in [-0.4, -0.2) is 32.3 Å². The minimum Gasteiger partial charge on any atom is -0.497 e. The average molecular weight is 385 g/mol. The van der Waals surface area contributed by atoms with E-state index in [0.29, 0.717) is 24.7 Å². The van der Waals surface area contributed by atoms with Gasteiger partial charge in [0.15, 0.2) is 17.6 Å². The van der Waals surface area contributed by atoms with Crippen molar-refractivity contribution in [2.24, 2.45) is 5.92 Å². The van der Waals surface area contributed by atoms with Gasteiger partial charge in [0, 0.05) is 0 Å². The molecule has 3 rings (SSSR count). The van der Waals surface area contributed by atoms with Crippen LogP contribution < -0.4 is 24.3 Å². The van der Waals surface area contributed by atoms with Crippen molar-refractivity contribution in [1.82, 2.24) is 5.32 Å². The van der Waals surface area contributed by atoms with Gasteiger partial charge in [0.2, 0.25) is 0 Å². The highest BCUT2D eigenvalue weighted by Crippen LogP contribution is 2.34. The molecule has 6 heteroatoms. The van der Waals surface area contributed by atoms with Gasteiger partial charge < -0.3 is 24.3 Å². The van der Waals surface area contributed by atoms with Gasteiger partial charge in [-0.2, -0.15) is 0 Å². The quantitative estimate of drug-likeness (QED) is 0.786. The summed E-state index contributed by atoms with van der Waals surface area (Å²) < 4.78 is 22.2. The Morgan fingerprint density at radius 3 is 2.25 bits per heavy atom. The van der Waals surface area contributed by atoms with E-state index in [1.165, 1.54) is 0 Å². The van der Waals surface area contributed by atoms with Crippen molar-refractivity contribution >= 4 is 5.91 Å². The molecular formula is C22H27NO5. The number of hydrogen-bond donors (Lipinski definition) is 1. The highest BCUT2D eigenvalue weighted by Gasteiger charge is 2.24. The highest BCUT2D eigenvalue weighted by atomic mass is 16.6. The van der Waals surface area contributed by atoms with Gasteiger partial charge in [0.05, 0.1) is 13.2 Å². The summed E-state index contributed by atoms with van der Waals surface area (Å²) in [6, 6.07) is 12.8. The molecule has 0 radical (unpaired) electrons. The number of methoxy groups -OCH3 is 1. The van der Waals surface area contributed by atoms with Crippen molar-refractivity contribution in [3.05, 3.63) is 48.0 Å². The topological polar surface area (TPSA) is 66.0 Å². The zero-order valence-electron chi connectivity index (χ0n) is 16.7. The Kier molecular flexibility index (Phi) is 6.29. The minimum atomic E-state index is -0.633. The van der Waals surface area contributed by atoms with Crippen LogP contribution in [0.25, 0.3) is 0 Å². The van der Waals surface area contributed by atoms with Crippen LogP contribution in [0.5, 0.6) is 23.0 Å². The molecule has 2 atom stereocenters. The molecule has 2 unspecified atom stereocenters. The zero-order valence-corrected chi connectivity index (χ0v) is 16.7. The van der Waals surface area contributed by atoms with Gasteiger partial charge in [-0.05, 0) is 54.8 Å². The fourth-order valence-corrected chi connectivity index (χ4v) is 3.07. The number of hydrogen-bond acceptors (Lipinski definition) is 5. The Hall–Kier alpha value is -2.89. The molecular weight excluding hydrogens is 358 g/mol. The zero-order chi connectivity index (χ0) is 20.1. The van der Waals surface area contributed by atoms with E-state index in [9.17, 15) is 4.79 Å². The normalized spacial score (nSPS) is 14.9. The fraction of sp³-hybridized carbons (Fsp3) is 0.409. The lowest BCUT2D eigenvalue weighted by Crippen LogP contribution is -2.40. The third kappa shape index (κ3) is 4.68. The van der Waals surface area contributed by atoms with Crippen LogP contribution in [0.4, 0.5) is 0 Å². The van der Waals surface area contributed by atoms with Gasteiger partial charge >= 0.3 is 0 Å². The van der Waals surface area contributed by atoms with E-state index in [-0.39, 0.29) is 17.9 Å². The Balaban J connectivity index is 1.68. The van der Waals surface area contributed by atoms with Crippen molar-refractivity contribution in [3.63, 3.8) is 0 Å². The molecule has 2 aromatic rings. The molecule has 1 N–H and O–H groups in total. The molecule has 0 aromatic heterocycles. The number of nitrogens with one attached hydrogen (secondary N) is 1. The second-order valence-electron chi connectivity index (χ2n) is 7.07. The summed E-state index contributed by atoms with van der Waals surface area (Å²) in [5.74, 6) is 2.82. The van der Waals surface area contributed by atoms with Gasteiger partial charge in [-0.1, -0.05) is 19.9 Å². The Morgan fingerprint density at radius 1 is 0.964 bits per heavy atom. The molecule has 2 aromatic carbocycles. The molecule has 1 heterocycles. The predicted octanol–water partition coefficient (Wildman–Crippen LogP) is 3.75. The number of fused-ring (bicyclic) bond motifs is 1. The first-order valence-corrected chi connectivity index (χ1v) is 9.48. The third-order valence-electron chi connectivity index (χ3n) is 4.63. The maximum absolute atomic E-state index is 12.7. The summed E-state index contributed by atoms with van der Waals surface area (Å²) in [5, 5.41) is 3.10. The molecule has 6 nitrogen and oxygen atoms in total. The van der Waals surface area contributed by atoms with E-state index in [2.05, 4.69) is 19.2 Å². The molecule has 0 bridgehead atoms. The van der Waals surface area contributed by atoms with Crippen LogP contribution in [0.15, 0.2) is 42.5 Å². The number of carbonyl (C=O) groups excluding carboxylic acids is 1. The lowest BCUT2D eigenvalue weighted by atomic mass is 9.95. The molecule has 150 valence electrons. The summed E-state index contributed by atoms with van der Waals surface area (Å²) >= 11 is 0. The first-order valence-electron chi connectivity index (χ1n) is 9.48. The van der Waals surface area contributed by atoms with Crippen molar-refractivity contribution < 1.29 is 23.7 Å². The van der Waals surface area contributed by atoms with Crippen LogP contribution in [0.3, 0.4) is 0 Å². The summed E-state index contributed by atoms with van der Waals surface area (Å²) in [7, 11) is 1.61. The Morgan fingerprint density at radius 2 is 1.61 bits per heavy atom. The molecule has 1 aliphatic heterocycles. The number of amides is 1. The molecule has 0 aliphatic carbocycles. The van der Waals surface area contributed by atoms with Crippen LogP contribution in [-0.2, 0) is 4.79 Å². The van der Waals surface area contributed by atoms with Crippen molar-refractivity contribution in [3.8, 4) is 23.0 Å². The molecule has 1 amide bonds. The van der Waals surface area contributed by atoms with Crippen LogP contribution in [0, 0.1) is 5.92 Å². The van der Waals surface area contributed by atoms with E-state index >= 15 is 0 Å². The lowest BCUT2D eigenvalue weighted by Gasteiger charge is -2.26. The van der Waals surface area contributed by atoms with Gasteiger partial charge in [-0.25, -0.2) is 0 Å². The average Bonchev–Trinajstić information content (AvgIpc) is 2.71. The molecule has 28 heavy (non-hydrogen) atoms. The van der Waals surface area contributed by atoms with Gasteiger partial charge in [0.25, 0.3) is 5.91 Å². The molecule has 0 saturated heterocycles. The molecule has 1 aliphatic rings. The molecule has 0 fully saturated rings. The fourth-order valence-electron chi connectivity index (χ4n) is 3.07. The third-order valence-corrected chi connectivity index (χ3v) is 4.63. The summed E-state index contributed by atoms with van der Waals surface area (Å²) in [6.45, 7) is 6.95. The van der Waals surface area contributed by atoms with E-state index in [1.54, 1.807) is 38.3 Å². The molecule has 0 spiro atoms. The Bertz CT molecular complexity index is 803. The smallest absolute Gasteiger partial charge is 0.261 e. The SMILES string of the molecule is COc1ccc(OC(C)C(=O)NC(c2ccc3c(c2)OCCO3)C(C)C)cc1. The number of carbonyl (C=O) groups is 1. The van der Waals surface area contributed by atoms with Crippen molar-refractivity contribution in [1.29, 1.82) is 0 Å². The van der Waals surface area contributed by atoms with E-state index in [0.717, 1.165) is 17.1 Å². The summed E-state index contributed by atoms with van der Waals surface area (Å²) in [5.41, 5.74) is 0.976. The van der Waals surface area contributed by atoms with Gasteiger partial charge in [0.1, 0.15) is 24.7 Å². The number of ether oxygens (including phenoxy) is 4. The van der Waals surface area contributed by atoms with Crippen LogP contribution in [0.1, 0.15) is 32.4 Å². The van der Waals surface area contributed by atoms with Crippen LogP contribution in [0.2, 0.25) is 0 Å². The first-order chi connectivity index (χ1) is 13.5.